The number of Topliss-reactive ketones (excluding diaryl/α,β-unsaturated/α-hetero) is 1. The fraction of sp³-hybridized carbons (Fsp3) is 0.833. The van der Waals surface area contributed by atoms with Gasteiger partial charge in [0.2, 0.25) is 9.70 Å². The van der Waals surface area contributed by atoms with Gasteiger partial charge in [-0.05, 0) is 19.9 Å². The number of carbonyl (C=O) groups is 2. The number of ketones is 1. The molecule has 20 heavy (non-hydrogen) atoms. The summed E-state index contributed by atoms with van der Waals surface area (Å²) in [6, 6.07) is 0. The predicted molar refractivity (Wildman–Crippen MR) is 85.1 cm³/mol. The molecule has 4 nitrogen and oxygen atoms in total. The highest BCUT2D eigenvalue weighted by Gasteiger charge is 2.29. The van der Waals surface area contributed by atoms with Crippen molar-refractivity contribution in [2.45, 2.75) is 29.5 Å². The first-order valence-electron chi connectivity index (χ1n) is 6.37. The molecule has 0 N–H and O–H groups in total. The van der Waals surface area contributed by atoms with Crippen LogP contribution in [0.2, 0.25) is 0 Å². The summed E-state index contributed by atoms with van der Waals surface area (Å²) >= 11 is 16.4. The van der Waals surface area contributed by atoms with Crippen LogP contribution in [0.5, 0.6) is 0 Å². The van der Waals surface area contributed by atoms with Crippen molar-refractivity contribution in [3.8, 4) is 0 Å². The molecular formula is C12H20Cl4N2O2. The summed E-state index contributed by atoms with van der Waals surface area (Å²) < 4.78 is -1.83. The van der Waals surface area contributed by atoms with Gasteiger partial charge in [0.1, 0.15) is 0 Å². The van der Waals surface area contributed by atoms with Gasteiger partial charge in [-0.2, -0.15) is 0 Å². The molecule has 118 valence electrons. The summed E-state index contributed by atoms with van der Waals surface area (Å²) in [5.41, 5.74) is 0. The molecule has 0 aliphatic carbocycles. The number of nitrogens with zero attached hydrogens (tertiary/aromatic N) is 2. The Hall–Kier alpha value is 0.260. The number of amides is 1. The van der Waals surface area contributed by atoms with Gasteiger partial charge < -0.3 is 9.80 Å². The van der Waals surface area contributed by atoms with Crippen LogP contribution in [0, 0.1) is 0 Å². The second-order valence-corrected chi connectivity index (χ2v) is 7.09. The molecule has 0 radical (unpaired) electrons. The van der Waals surface area contributed by atoms with E-state index in [0.717, 1.165) is 26.2 Å². The van der Waals surface area contributed by atoms with E-state index in [4.69, 9.17) is 34.8 Å². The Labute approximate surface area is 141 Å². The lowest BCUT2D eigenvalue weighted by Gasteiger charge is -2.32. The van der Waals surface area contributed by atoms with Crippen LogP contribution in [0.3, 0.4) is 0 Å². The van der Waals surface area contributed by atoms with E-state index >= 15 is 0 Å². The maximum Gasteiger partial charge on any atom is 0.248 e. The van der Waals surface area contributed by atoms with Gasteiger partial charge in [0.25, 0.3) is 0 Å². The van der Waals surface area contributed by atoms with Crippen LogP contribution in [0.4, 0.5) is 0 Å². The summed E-state index contributed by atoms with van der Waals surface area (Å²) in [7, 11) is 2.05. The average molecular weight is 366 g/mol. The van der Waals surface area contributed by atoms with Crippen LogP contribution < -0.4 is 0 Å². The molecule has 1 heterocycles. The van der Waals surface area contributed by atoms with E-state index in [9.17, 15) is 9.59 Å². The maximum absolute atomic E-state index is 11.9. The number of unbranched alkanes of at least 4 members (excludes halogenated alkanes) is 1. The van der Waals surface area contributed by atoms with Crippen LogP contribution in [-0.2, 0) is 9.59 Å². The van der Waals surface area contributed by atoms with Gasteiger partial charge in [-0.25, -0.2) is 0 Å². The van der Waals surface area contributed by atoms with E-state index in [-0.39, 0.29) is 24.7 Å². The summed E-state index contributed by atoms with van der Waals surface area (Å²) in [6.07, 6.45) is 1.88. The molecule has 1 rings (SSSR count). The lowest BCUT2D eigenvalue weighted by molar-refractivity contribution is -0.133. The normalized spacial score (nSPS) is 16.7. The van der Waals surface area contributed by atoms with Crippen molar-refractivity contribution in [3.05, 3.63) is 0 Å². The second kappa shape index (κ2) is 9.31. The number of halogens is 4. The van der Waals surface area contributed by atoms with Gasteiger partial charge in [-0.1, -0.05) is 34.8 Å². The van der Waals surface area contributed by atoms with Crippen LogP contribution in [0.1, 0.15) is 25.7 Å². The topological polar surface area (TPSA) is 40.6 Å². The number of alkyl halides is 3. The molecule has 0 aromatic heterocycles. The van der Waals surface area contributed by atoms with E-state index in [1.54, 1.807) is 0 Å². The molecule has 0 unspecified atom stereocenters. The molecular weight excluding hydrogens is 346 g/mol. The number of hydrogen-bond donors (Lipinski definition) is 0. The molecule has 0 atom stereocenters. The molecule has 8 heteroatoms. The molecule has 0 bridgehead atoms. The van der Waals surface area contributed by atoms with Gasteiger partial charge in [-0.3, -0.25) is 9.59 Å². The third-order valence-corrected chi connectivity index (χ3v) is 3.85. The fourth-order valence-electron chi connectivity index (χ4n) is 1.92. The molecule has 1 aliphatic heterocycles. The highest BCUT2D eigenvalue weighted by molar-refractivity contribution is 6.76. The second-order valence-electron chi connectivity index (χ2n) is 4.81. The van der Waals surface area contributed by atoms with Gasteiger partial charge in [-0.15, -0.1) is 12.4 Å². The maximum atomic E-state index is 11.9. The average Bonchev–Trinajstić information content (AvgIpc) is 2.33. The number of likely N-dealkylation sites (N-methyl/N-ethyl adjacent to an activating group) is 1. The van der Waals surface area contributed by atoms with E-state index in [1.165, 1.54) is 0 Å². The van der Waals surface area contributed by atoms with Gasteiger partial charge >= 0.3 is 0 Å². The quantitative estimate of drug-likeness (QED) is 0.555. The van der Waals surface area contributed by atoms with Crippen LogP contribution >= 0.6 is 47.2 Å². The van der Waals surface area contributed by atoms with Gasteiger partial charge in [0.05, 0.1) is 0 Å². The summed E-state index contributed by atoms with van der Waals surface area (Å²) in [5.74, 6) is -0.265. The zero-order valence-corrected chi connectivity index (χ0v) is 14.5. The third kappa shape index (κ3) is 7.32. The first kappa shape index (κ1) is 20.3. The zero-order chi connectivity index (χ0) is 14.5. The van der Waals surface area contributed by atoms with Crippen molar-refractivity contribution in [3.63, 3.8) is 0 Å². The summed E-state index contributed by atoms with van der Waals surface area (Å²) in [4.78, 5) is 27.3. The molecule has 0 saturated carbocycles. The highest BCUT2D eigenvalue weighted by Crippen LogP contribution is 2.29. The Morgan fingerprint density at radius 3 is 2.00 bits per heavy atom. The van der Waals surface area contributed by atoms with Crippen molar-refractivity contribution in [2.75, 3.05) is 33.2 Å². The predicted octanol–water partition coefficient (Wildman–Crippen LogP) is 2.68. The summed E-state index contributed by atoms with van der Waals surface area (Å²) in [6.45, 7) is 3.39. The van der Waals surface area contributed by atoms with E-state index in [2.05, 4.69) is 4.90 Å². The van der Waals surface area contributed by atoms with Crippen molar-refractivity contribution < 1.29 is 9.59 Å². The standard InChI is InChI=1S/C12H19Cl3N2O2.ClH/c1-16-6-8-17(9-7-16)11(19)5-3-2-4-10(18)12(13,14)15;/h2-9H2,1H3;1H. The number of hydrogen-bond acceptors (Lipinski definition) is 3. The minimum atomic E-state index is -1.83. The molecule has 0 aromatic carbocycles. The number of carbonyl (C=O) groups excluding carboxylic acids is 2. The minimum Gasteiger partial charge on any atom is -0.340 e. The molecule has 1 saturated heterocycles. The van der Waals surface area contributed by atoms with Gasteiger partial charge in [0.15, 0.2) is 5.78 Å². The third-order valence-electron chi connectivity index (χ3n) is 3.22. The van der Waals surface area contributed by atoms with E-state index < -0.39 is 9.58 Å². The van der Waals surface area contributed by atoms with Crippen LogP contribution in [0.25, 0.3) is 0 Å². The lowest BCUT2D eigenvalue weighted by Crippen LogP contribution is -2.47. The minimum absolute atomic E-state index is 0. The SMILES string of the molecule is CN1CCN(C(=O)CCCCC(=O)C(Cl)(Cl)Cl)CC1.Cl. The molecule has 1 fully saturated rings. The van der Waals surface area contributed by atoms with E-state index in [1.807, 2.05) is 11.9 Å². The zero-order valence-electron chi connectivity index (χ0n) is 11.4. The molecule has 1 amide bonds. The smallest absolute Gasteiger partial charge is 0.248 e. The van der Waals surface area contributed by atoms with E-state index in [0.29, 0.717) is 19.3 Å². The molecule has 0 spiro atoms. The fourth-order valence-corrected chi connectivity index (χ4v) is 2.20. The molecule has 0 aromatic rings. The lowest BCUT2D eigenvalue weighted by atomic mass is 10.1. The Bertz CT molecular complexity index is 326. The number of rotatable bonds is 5. The first-order chi connectivity index (χ1) is 8.80. The van der Waals surface area contributed by atoms with Crippen molar-refractivity contribution >= 4 is 58.9 Å². The first-order valence-corrected chi connectivity index (χ1v) is 7.50. The number of piperazine rings is 1. The van der Waals surface area contributed by atoms with Crippen molar-refractivity contribution in [1.29, 1.82) is 0 Å². The Morgan fingerprint density at radius 2 is 1.50 bits per heavy atom. The Morgan fingerprint density at radius 1 is 1.00 bits per heavy atom. The monoisotopic (exact) mass is 364 g/mol. The van der Waals surface area contributed by atoms with Crippen molar-refractivity contribution in [2.24, 2.45) is 0 Å². The summed E-state index contributed by atoms with van der Waals surface area (Å²) in [5, 5.41) is 0. The van der Waals surface area contributed by atoms with Gasteiger partial charge in [0, 0.05) is 39.0 Å². The Balaban J connectivity index is 0.00000361. The largest absolute Gasteiger partial charge is 0.340 e. The Kier molecular flexibility index (Phi) is 9.43. The van der Waals surface area contributed by atoms with Crippen LogP contribution in [-0.4, -0.2) is 58.5 Å². The van der Waals surface area contributed by atoms with Crippen molar-refractivity contribution in [1.82, 2.24) is 9.80 Å². The van der Waals surface area contributed by atoms with Crippen LogP contribution in [0.15, 0.2) is 0 Å². The molecule has 1 aliphatic rings. The highest BCUT2D eigenvalue weighted by atomic mass is 35.6.